The number of nitrogens with two attached hydrogens (primary N) is 1. The Morgan fingerprint density at radius 3 is 2.90 bits per heavy atom. The van der Waals surface area contributed by atoms with Crippen molar-refractivity contribution < 1.29 is 0 Å². The molecule has 0 fully saturated rings. The summed E-state index contributed by atoms with van der Waals surface area (Å²) in [6, 6.07) is 8.03. The van der Waals surface area contributed by atoms with Crippen LogP contribution in [0.15, 0.2) is 36.7 Å². The summed E-state index contributed by atoms with van der Waals surface area (Å²) in [4.78, 5) is 13.0. The summed E-state index contributed by atoms with van der Waals surface area (Å²) in [5.74, 6) is 0.222. The quantitative estimate of drug-likeness (QED) is 0.557. The summed E-state index contributed by atoms with van der Waals surface area (Å²) in [7, 11) is 0. The summed E-state index contributed by atoms with van der Waals surface area (Å²) in [5.41, 5.74) is 10.3. The van der Waals surface area contributed by atoms with Crippen molar-refractivity contribution in [3.63, 3.8) is 0 Å². The molecule has 0 aliphatic carbocycles. The molecule has 21 heavy (non-hydrogen) atoms. The molecular weight excluding hydrogens is 264 g/mol. The number of nitrogen functional groups attached to an aromatic ring is 1. The molecule has 0 saturated carbocycles. The number of anilines is 1. The fourth-order valence-corrected chi connectivity index (χ4v) is 2.58. The second-order valence-electron chi connectivity index (χ2n) is 4.89. The van der Waals surface area contributed by atoms with E-state index < -0.39 is 0 Å². The van der Waals surface area contributed by atoms with Crippen LogP contribution in [0.3, 0.4) is 0 Å². The zero-order valence-corrected chi connectivity index (χ0v) is 11.3. The number of rotatable bonds is 1. The Labute approximate surface area is 120 Å². The minimum Gasteiger partial charge on any atom is -0.368 e. The number of aryl methyl sites for hydroxylation is 1. The highest BCUT2D eigenvalue weighted by atomic mass is 15.2. The molecule has 3 aromatic heterocycles. The SMILES string of the molecule is Cc1ccc(-c2nc(N)nc3[nH]ncc23)c2cccnc12. The van der Waals surface area contributed by atoms with E-state index in [1.54, 1.807) is 12.4 Å². The Morgan fingerprint density at radius 1 is 1.10 bits per heavy atom. The Morgan fingerprint density at radius 2 is 2.00 bits per heavy atom. The standard InChI is InChI=1S/C15H12N6/c1-8-4-5-10(9-3-2-6-17-12(8)9)13-11-7-18-21-14(11)20-15(16)19-13/h2-7H,1H3,(H3,16,18,19,20,21). The van der Waals surface area contributed by atoms with Crippen LogP contribution >= 0.6 is 0 Å². The maximum absolute atomic E-state index is 5.81. The smallest absolute Gasteiger partial charge is 0.222 e. The fourth-order valence-electron chi connectivity index (χ4n) is 2.58. The fraction of sp³-hybridized carbons (Fsp3) is 0.0667. The van der Waals surface area contributed by atoms with Gasteiger partial charge >= 0.3 is 0 Å². The maximum atomic E-state index is 5.81. The lowest BCUT2D eigenvalue weighted by atomic mass is 10.0. The minimum atomic E-state index is 0.222. The van der Waals surface area contributed by atoms with Gasteiger partial charge < -0.3 is 5.73 Å². The van der Waals surface area contributed by atoms with Crippen molar-refractivity contribution in [3.8, 4) is 11.3 Å². The number of nitrogens with zero attached hydrogens (tertiary/aromatic N) is 4. The number of hydrogen-bond donors (Lipinski definition) is 2. The van der Waals surface area contributed by atoms with E-state index in [0.29, 0.717) is 5.65 Å². The van der Waals surface area contributed by atoms with E-state index in [1.807, 2.05) is 31.2 Å². The van der Waals surface area contributed by atoms with Gasteiger partial charge in [-0.25, -0.2) is 4.98 Å². The van der Waals surface area contributed by atoms with Gasteiger partial charge in [-0.05, 0) is 18.6 Å². The molecule has 0 aliphatic heterocycles. The molecule has 0 bridgehead atoms. The van der Waals surface area contributed by atoms with Gasteiger partial charge in [0.25, 0.3) is 0 Å². The number of H-pyrrole nitrogens is 1. The molecule has 0 atom stereocenters. The average molecular weight is 276 g/mol. The van der Waals surface area contributed by atoms with Gasteiger partial charge in [0.2, 0.25) is 5.95 Å². The highest BCUT2D eigenvalue weighted by molar-refractivity contribution is 6.02. The Balaban J connectivity index is 2.14. The molecule has 4 aromatic rings. The molecule has 0 radical (unpaired) electrons. The number of hydrogen-bond acceptors (Lipinski definition) is 5. The molecule has 4 rings (SSSR count). The molecule has 102 valence electrons. The molecule has 3 heterocycles. The minimum absolute atomic E-state index is 0.222. The summed E-state index contributed by atoms with van der Waals surface area (Å²) in [5, 5.41) is 8.75. The highest BCUT2D eigenvalue weighted by Crippen LogP contribution is 2.32. The molecule has 0 unspecified atom stereocenters. The molecule has 0 spiro atoms. The van der Waals surface area contributed by atoms with E-state index in [1.165, 1.54) is 0 Å². The van der Waals surface area contributed by atoms with Gasteiger partial charge in [-0.15, -0.1) is 0 Å². The lowest BCUT2D eigenvalue weighted by Crippen LogP contribution is -1.98. The lowest BCUT2D eigenvalue weighted by Gasteiger charge is -2.09. The first-order chi connectivity index (χ1) is 10.2. The van der Waals surface area contributed by atoms with Crippen LogP contribution in [0.4, 0.5) is 5.95 Å². The van der Waals surface area contributed by atoms with E-state index in [-0.39, 0.29) is 5.95 Å². The second kappa shape index (κ2) is 4.24. The molecule has 6 heteroatoms. The molecule has 1 aromatic carbocycles. The van der Waals surface area contributed by atoms with Crippen LogP contribution in [0.1, 0.15) is 5.56 Å². The number of nitrogens with one attached hydrogen (secondary N) is 1. The van der Waals surface area contributed by atoms with Crippen molar-refractivity contribution in [2.75, 3.05) is 5.73 Å². The van der Waals surface area contributed by atoms with Gasteiger partial charge in [0, 0.05) is 17.1 Å². The van der Waals surface area contributed by atoms with Crippen molar-refractivity contribution in [3.05, 3.63) is 42.2 Å². The van der Waals surface area contributed by atoms with E-state index in [0.717, 1.165) is 33.1 Å². The number of benzene rings is 1. The van der Waals surface area contributed by atoms with Gasteiger partial charge in [-0.1, -0.05) is 18.2 Å². The molecule has 6 nitrogen and oxygen atoms in total. The van der Waals surface area contributed by atoms with Crippen molar-refractivity contribution in [2.45, 2.75) is 6.92 Å². The number of fused-ring (bicyclic) bond motifs is 2. The van der Waals surface area contributed by atoms with Crippen LogP contribution in [-0.2, 0) is 0 Å². The third-order valence-electron chi connectivity index (χ3n) is 3.55. The average Bonchev–Trinajstić information content (AvgIpc) is 2.95. The van der Waals surface area contributed by atoms with Gasteiger partial charge in [-0.2, -0.15) is 10.1 Å². The topological polar surface area (TPSA) is 93.4 Å². The number of pyridine rings is 1. The molecular formula is C15H12N6. The molecule has 0 saturated heterocycles. The van der Waals surface area contributed by atoms with Crippen molar-refractivity contribution in [1.82, 2.24) is 25.1 Å². The van der Waals surface area contributed by atoms with E-state index >= 15 is 0 Å². The Hall–Kier alpha value is -3.02. The first-order valence-corrected chi connectivity index (χ1v) is 6.55. The van der Waals surface area contributed by atoms with E-state index in [2.05, 4.69) is 25.1 Å². The van der Waals surface area contributed by atoms with Crippen LogP contribution in [0.2, 0.25) is 0 Å². The first-order valence-electron chi connectivity index (χ1n) is 6.55. The van der Waals surface area contributed by atoms with Gasteiger partial charge in [0.1, 0.15) is 0 Å². The largest absolute Gasteiger partial charge is 0.368 e. The number of aromatic nitrogens is 5. The van der Waals surface area contributed by atoms with Gasteiger partial charge in [0.15, 0.2) is 5.65 Å². The predicted molar refractivity (Wildman–Crippen MR) is 81.6 cm³/mol. The predicted octanol–water partition coefficient (Wildman–Crippen LogP) is 2.46. The zero-order valence-electron chi connectivity index (χ0n) is 11.3. The first kappa shape index (κ1) is 11.8. The van der Waals surface area contributed by atoms with Crippen LogP contribution in [0, 0.1) is 6.92 Å². The monoisotopic (exact) mass is 276 g/mol. The zero-order chi connectivity index (χ0) is 14.4. The van der Waals surface area contributed by atoms with E-state index in [4.69, 9.17) is 5.73 Å². The summed E-state index contributed by atoms with van der Waals surface area (Å²) < 4.78 is 0. The third kappa shape index (κ3) is 1.73. The summed E-state index contributed by atoms with van der Waals surface area (Å²) in [6.07, 6.45) is 3.51. The van der Waals surface area contributed by atoms with Crippen molar-refractivity contribution in [1.29, 1.82) is 0 Å². The Kier molecular flexibility index (Phi) is 2.38. The molecule has 3 N–H and O–H groups in total. The Bertz CT molecular complexity index is 972. The highest BCUT2D eigenvalue weighted by Gasteiger charge is 2.13. The van der Waals surface area contributed by atoms with Crippen LogP contribution < -0.4 is 5.73 Å². The van der Waals surface area contributed by atoms with E-state index in [9.17, 15) is 0 Å². The summed E-state index contributed by atoms with van der Waals surface area (Å²) >= 11 is 0. The van der Waals surface area contributed by atoms with Crippen LogP contribution in [0.5, 0.6) is 0 Å². The normalized spacial score (nSPS) is 11.3. The van der Waals surface area contributed by atoms with Gasteiger partial charge in [-0.3, -0.25) is 10.1 Å². The maximum Gasteiger partial charge on any atom is 0.222 e. The third-order valence-corrected chi connectivity index (χ3v) is 3.55. The number of aromatic amines is 1. The van der Waals surface area contributed by atoms with Gasteiger partial charge in [0.05, 0.1) is 22.8 Å². The summed E-state index contributed by atoms with van der Waals surface area (Å²) in [6.45, 7) is 2.04. The lowest BCUT2D eigenvalue weighted by molar-refractivity contribution is 1.09. The van der Waals surface area contributed by atoms with Crippen molar-refractivity contribution in [2.24, 2.45) is 0 Å². The van der Waals surface area contributed by atoms with Crippen LogP contribution in [-0.4, -0.2) is 25.1 Å². The van der Waals surface area contributed by atoms with Crippen molar-refractivity contribution >= 4 is 27.9 Å². The van der Waals surface area contributed by atoms with Crippen LogP contribution in [0.25, 0.3) is 33.2 Å². The molecule has 0 aliphatic rings. The molecule has 0 amide bonds. The second-order valence-corrected chi connectivity index (χ2v) is 4.89.